The minimum absolute atomic E-state index is 0.107. The minimum atomic E-state index is -1.12. The molecule has 0 fully saturated rings. The first kappa shape index (κ1) is 30.9. The largest absolute Gasteiger partial charge is 0.481 e. The van der Waals surface area contributed by atoms with Crippen molar-refractivity contribution in [2.75, 3.05) is 18.5 Å². The lowest BCUT2D eigenvalue weighted by molar-refractivity contribution is -0.138. The third-order valence-corrected chi connectivity index (χ3v) is 6.27. The molecule has 0 aliphatic heterocycles. The van der Waals surface area contributed by atoms with Crippen molar-refractivity contribution >= 4 is 46.8 Å². The number of ether oxygens (including phenoxy) is 1. The van der Waals surface area contributed by atoms with E-state index in [2.05, 4.69) is 20.9 Å². The van der Waals surface area contributed by atoms with E-state index < -0.39 is 30.4 Å². The molecule has 0 aliphatic rings. The summed E-state index contributed by atoms with van der Waals surface area (Å²) >= 11 is 12.2. The highest BCUT2D eigenvalue weighted by Crippen LogP contribution is 2.25. The second-order valence-corrected chi connectivity index (χ2v) is 9.95. The third kappa shape index (κ3) is 11.2. The van der Waals surface area contributed by atoms with Gasteiger partial charge in [0.15, 0.2) is 0 Å². The predicted molar refractivity (Wildman–Crippen MR) is 154 cm³/mol. The zero-order valence-corrected chi connectivity index (χ0v) is 23.3. The molecule has 0 radical (unpaired) electrons. The van der Waals surface area contributed by atoms with Crippen molar-refractivity contribution in [3.05, 3.63) is 94.1 Å². The number of benzene rings is 2. The fraction of sp³-hybridized carbons (Fsp3) is 0.310. The smallest absolute Gasteiger partial charge is 0.305 e. The summed E-state index contributed by atoms with van der Waals surface area (Å²) in [6.07, 6.45) is 2.81. The van der Waals surface area contributed by atoms with E-state index in [9.17, 15) is 19.5 Å². The summed E-state index contributed by atoms with van der Waals surface area (Å²) in [6, 6.07) is 17.6. The average molecular weight is 588 g/mol. The van der Waals surface area contributed by atoms with E-state index in [0.717, 1.165) is 17.8 Å². The second-order valence-electron chi connectivity index (χ2n) is 9.08. The summed E-state index contributed by atoms with van der Waals surface area (Å²) in [6.45, 7) is 0.777. The summed E-state index contributed by atoms with van der Waals surface area (Å²) in [7, 11) is 0. The number of nitrogens with zero attached hydrogens (tertiary/aromatic N) is 1. The van der Waals surface area contributed by atoms with Crippen LogP contribution < -0.4 is 16.0 Å². The van der Waals surface area contributed by atoms with Crippen LogP contribution in [0.15, 0.2) is 72.9 Å². The van der Waals surface area contributed by atoms with E-state index >= 15 is 0 Å². The molecule has 0 spiro atoms. The molecule has 3 aromatic rings. The molecule has 0 bridgehead atoms. The van der Waals surface area contributed by atoms with E-state index in [1.165, 1.54) is 6.07 Å². The Labute approximate surface area is 243 Å². The molecule has 11 heteroatoms. The van der Waals surface area contributed by atoms with Crippen LogP contribution in [0.3, 0.4) is 0 Å². The molecule has 1 aromatic heterocycles. The topological polar surface area (TPSA) is 130 Å². The Morgan fingerprint density at radius 1 is 0.925 bits per heavy atom. The van der Waals surface area contributed by atoms with Crippen LogP contribution in [0.4, 0.5) is 5.82 Å². The number of carbonyl (C=O) groups excluding carboxylic acids is 2. The van der Waals surface area contributed by atoms with Crippen LogP contribution in [0.2, 0.25) is 10.0 Å². The van der Waals surface area contributed by atoms with Gasteiger partial charge < -0.3 is 25.8 Å². The van der Waals surface area contributed by atoms with E-state index in [1.807, 2.05) is 48.5 Å². The lowest BCUT2D eigenvalue weighted by Crippen LogP contribution is -2.50. The van der Waals surface area contributed by atoms with Gasteiger partial charge in [0.05, 0.1) is 25.7 Å². The maximum absolute atomic E-state index is 13.3. The normalized spacial score (nSPS) is 12.2. The molecule has 1 heterocycles. The third-order valence-electron chi connectivity index (χ3n) is 5.83. The molecule has 9 nitrogen and oxygen atoms in total. The van der Waals surface area contributed by atoms with Gasteiger partial charge in [0.2, 0.25) is 11.8 Å². The van der Waals surface area contributed by atoms with Gasteiger partial charge in [-0.2, -0.15) is 0 Å². The van der Waals surface area contributed by atoms with Gasteiger partial charge in [0.1, 0.15) is 11.9 Å². The summed E-state index contributed by atoms with van der Waals surface area (Å²) in [5.41, 5.74) is 1.34. The van der Waals surface area contributed by atoms with Crippen LogP contribution in [0.1, 0.15) is 42.9 Å². The lowest BCUT2D eigenvalue weighted by Gasteiger charge is -2.23. The summed E-state index contributed by atoms with van der Waals surface area (Å²) < 4.78 is 5.75. The van der Waals surface area contributed by atoms with Gasteiger partial charge in [-0.05, 0) is 54.3 Å². The highest BCUT2D eigenvalue weighted by Gasteiger charge is 2.26. The molecule has 0 aliphatic carbocycles. The Bertz CT molecular complexity index is 1230. The highest BCUT2D eigenvalue weighted by atomic mass is 35.5. The van der Waals surface area contributed by atoms with Gasteiger partial charge in [-0.3, -0.25) is 14.4 Å². The summed E-state index contributed by atoms with van der Waals surface area (Å²) in [5.74, 6) is -1.26. The number of carboxylic acids is 1. The van der Waals surface area contributed by atoms with Crippen LogP contribution in [0.5, 0.6) is 0 Å². The van der Waals surface area contributed by atoms with Crippen molar-refractivity contribution in [1.82, 2.24) is 15.6 Å². The van der Waals surface area contributed by atoms with Gasteiger partial charge in [-0.1, -0.05) is 59.6 Å². The molecular formula is C29H32Cl2N4O5. The fourth-order valence-corrected chi connectivity index (χ4v) is 4.43. The Morgan fingerprint density at radius 2 is 1.65 bits per heavy atom. The molecule has 0 saturated carbocycles. The number of pyridine rings is 1. The van der Waals surface area contributed by atoms with Crippen LogP contribution in [-0.4, -0.2) is 47.1 Å². The maximum Gasteiger partial charge on any atom is 0.305 e. The zero-order chi connectivity index (χ0) is 28.7. The molecule has 0 saturated heterocycles. The molecule has 2 atom stereocenters. The Kier molecular flexibility index (Phi) is 12.7. The average Bonchev–Trinajstić information content (AvgIpc) is 2.92. The van der Waals surface area contributed by atoms with Crippen LogP contribution >= 0.6 is 23.2 Å². The van der Waals surface area contributed by atoms with E-state index in [4.69, 9.17) is 27.9 Å². The predicted octanol–water partition coefficient (Wildman–Crippen LogP) is 5.00. The first-order chi connectivity index (χ1) is 19.3. The number of aromatic nitrogens is 1. The quantitative estimate of drug-likeness (QED) is 0.174. The molecule has 40 heavy (non-hydrogen) atoms. The first-order valence-corrected chi connectivity index (χ1v) is 13.6. The van der Waals surface area contributed by atoms with Gasteiger partial charge in [-0.25, -0.2) is 4.98 Å². The fourth-order valence-electron chi connectivity index (χ4n) is 3.89. The van der Waals surface area contributed by atoms with Crippen LogP contribution in [0, 0.1) is 0 Å². The van der Waals surface area contributed by atoms with Gasteiger partial charge in [0.25, 0.3) is 0 Å². The summed E-state index contributed by atoms with van der Waals surface area (Å²) in [4.78, 5) is 41.8. The van der Waals surface area contributed by atoms with Crippen LogP contribution in [-0.2, 0) is 25.7 Å². The number of rotatable bonds is 16. The van der Waals surface area contributed by atoms with Crippen molar-refractivity contribution < 1.29 is 24.2 Å². The number of carboxylic acid groups (broad SMARTS) is 1. The summed E-state index contributed by atoms with van der Waals surface area (Å²) in [5, 5.41) is 18.7. The van der Waals surface area contributed by atoms with E-state index in [0.29, 0.717) is 28.6 Å². The molecule has 2 amide bonds. The maximum atomic E-state index is 13.3. The Balaban J connectivity index is 1.61. The standard InChI is InChI=1S/C29H32Cl2N4O5/c30-22-14-21(15-23(31)16-22)24(17-28(37)38)35-29(39)25(19-40-18-20-8-2-1-3-9-20)34-27(36)11-5-7-13-33-26-10-4-6-12-32-26/h1-4,6,8-10,12,14-16,24-25H,5,7,11,13,17-19H2,(H,32,33)(H,34,36)(H,35,39)(H,37,38)/t24-,25?/m0/s1. The zero-order valence-electron chi connectivity index (χ0n) is 21.8. The van der Waals surface area contributed by atoms with E-state index in [1.54, 1.807) is 18.3 Å². The Morgan fingerprint density at radius 3 is 2.33 bits per heavy atom. The number of hydrogen-bond donors (Lipinski definition) is 4. The number of aliphatic carboxylic acids is 1. The highest BCUT2D eigenvalue weighted by molar-refractivity contribution is 6.34. The van der Waals surface area contributed by atoms with Gasteiger partial charge in [0, 0.05) is 29.2 Å². The van der Waals surface area contributed by atoms with E-state index in [-0.39, 0.29) is 25.5 Å². The number of amides is 2. The SMILES string of the molecule is O=C(O)C[C@H](NC(=O)C(COCc1ccccc1)NC(=O)CCCCNc1ccccn1)c1cc(Cl)cc(Cl)c1. The number of halogens is 2. The van der Waals surface area contributed by atoms with Crippen LogP contribution in [0.25, 0.3) is 0 Å². The number of anilines is 1. The molecule has 2 aromatic carbocycles. The Hall–Kier alpha value is -3.66. The second kappa shape index (κ2) is 16.4. The number of hydrogen-bond acceptors (Lipinski definition) is 6. The number of nitrogens with one attached hydrogen (secondary N) is 3. The molecule has 3 rings (SSSR count). The number of carbonyl (C=O) groups is 3. The molecule has 212 valence electrons. The monoisotopic (exact) mass is 586 g/mol. The molecule has 1 unspecified atom stereocenters. The van der Waals surface area contributed by atoms with Gasteiger partial charge >= 0.3 is 5.97 Å². The van der Waals surface area contributed by atoms with Crippen molar-refractivity contribution in [2.24, 2.45) is 0 Å². The van der Waals surface area contributed by atoms with Crippen molar-refractivity contribution in [2.45, 2.75) is 44.4 Å². The minimum Gasteiger partial charge on any atom is -0.481 e. The van der Waals surface area contributed by atoms with Gasteiger partial charge in [-0.15, -0.1) is 0 Å². The van der Waals surface area contributed by atoms with Crippen molar-refractivity contribution in [1.29, 1.82) is 0 Å². The molecular weight excluding hydrogens is 555 g/mol. The molecule has 4 N–H and O–H groups in total. The van der Waals surface area contributed by atoms with Crippen molar-refractivity contribution in [3.63, 3.8) is 0 Å². The number of unbranched alkanes of at least 4 members (excludes halogenated alkanes) is 1. The first-order valence-electron chi connectivity index (χ1n) is 12.8. The van der Waals surface area contributed by atoms with Crippen molar-refractivity contribution in [3.8, 4) is 0 Å². The lowest BCUT2D eigenvalue weighted by atomic mass is 10.0.